The van der Waals surface area contributed by atoms with Crippen molar-refractivity contribution in [3.8, 4) is 0 Å². The van der Waals surface area contributed by atoms with Crippen LogP contribution >= 0.6 is 12.2 Å². The second-order valence-electron chi connectivity index (χ2n) is 6.66. The van der Waals surface area contributed by atoms with Crippen LogP contribution in [0.1, 0.15) is 71.1 Å². The molecule has 2 atom stereocenters. The second kappa shape index (κ2) is 8.08. The maximum absolute atomic E-state index is 5.40. The van der Waals surface area contributed by atoms with Crippen molar-refractivity contribution in [2.45, 2.75) is 77.2 Å². The van der Waals surface area contributed by atoms with Gasteiger partial charge < -0.3 is 10.6 Å². The molecule has 2 rings (SSSR count). The molecule has 0 saturated heterocycles. The minimum atomic E-state index is 0.628. The first-order chi connectivity index (χ1) is 9.24. The average molecular weight is 282 g/mol. The van der Waals surface area contributed by atoms with Gasteiger partial charge in [-0.2, -0.15) is 0 Å². The summed E-state index contributed by atoms with van der Waals surface area (Å²) >= 11 is 5.40. The zero-order chi connectivity index (χ0) is 13.5. The van der Waals surface area contributed by atoms with Crippen LogP contribution in [0.3, 0.4) is 0 Å². The molecule has 2 nitrogen and oxygen atoms in total. The SMILES string of the molecule is CC1CCCC(CCNC(=S)NC2CCCCC2)C1. The van der Waals surface area contributed by atoms with Crippen LogP contribution in [0.15, 0.2) is 0 Å². The summed E-state index contributed by atoms with van der Waals surface area (Å²) in [5.74, 6) is 1.86. The lowest BCUT2D eigenvalue weighted by Crippen LogP contribution is -2.43. The molecule has 0 amide bonds. The largest absolute Gasteiger partial charge is 0.363 e. The Morgan fingerprint density at radius 1 is 1.05 bits per heavy atom. The van der Waals surface area contributed by atoms with E-state index < -0.39 is 0 Å². The molecule has 110 valence electrons. The number of nitrogens with one attached hydrogen (secondary N) is 2. The third-order valence-corrected chi connectivity index (χ3v) is 5.09. The third kappa shape index (κ3) is 5.68. The molecule has 3 heteroatoms. The molecule has 2 aliphatic rings. The molecule has 2 saturated carbocycles. The quantitative estimate of drug-likeness (QED) is 0.762. The highest BCUT2D eigenvalue weighted by Crippen LogP contribution is 2.30. The van der Waals surface area contributed by atoms with Crippen LogP contribution in [-0.2, 0) is 0 Å². The van der Waals surface area contributed by atoms with E-state index in [9.17, 15) is 0 Å². The highest BCUT2D eigenvalue weighted by atomic mass is 32.1. The lowest BCUT2D eigenvalue weighted by atomic mass is 9.81. The van der Waals surface area contributed by atoms with E-state index in [1.54, 1.807) is 0 Å². The molecule has 0 heterocycles. The molecule has 2 N–H and O–H groups in total. The molecule has 0 bridgehead atoms. The van der Waals surface area contributed by atoms with Crippen molar-refractivity contribution >= 4 is 17.3 Å². The summed E-state index contributed by atoms with van der Waals surface area (Å²) in [5, 5.41) is 7.78. The minimum absolute atomic E-state index is 0.628. The topological polar surface area (TPSA) is 24.1 Å². The zero-order valence-corrected chi connectivity index (χ0v) is 13.2. The van der Waals surface area contributed by atoms with E-state index in [0.29, 0.717) is 6.04 Å². The summed E-state index contributed by atoms with van der Waals surface area (Å²) in [7, 11) is 0. The summed E-state index contributed by atoms with van der Waals surface area (Å²) in [4.78, 5) is 0. The fourth-order valence-electron chi connectivity index (χ4n) is 3.70. The highest BCUT2D eigenvalue weighted by Gasteiger charge is 2.18. The number of hydrogen-bond donors (Lipinski definition) is 2. The molecule has 0 spiro atoms. The van der Waals surface area contributed by atoms with Gasteiger partial charge in [0.05, 0.1) is 0 Å². The Labute approximate surface area is 124 Å². The van der Waals surface area contributed by atoms with Crippen molar-refractivity contribution in [2.75, 3.05) is 6.54 Å². The van der Waals surface area contributed by atoms with Crippen LogP contribution in [-0.4, -0.2) is 17.7 Å². The number of thiocarbonyl (C=S) groups is 1. The number of rotatable bonds is 4. The van der Waals surface area contributed by atoms with Gasteiger partial charge in [-0.05, 0) is 49.7 Å². The lowest BCUT2D eigenvalue weighted by Gasteiger charge is -2.27. The van der Waals surface area contributed by atoms with Crippen molar-refractivity contribution < 1.29 is 0 Å². The summed E-state index contributed by atoms with van der Waals surface area (Å²) < 4.78 is 0. The molecule has 0 radical (unpaired) electrons. The van der Waals surface area contributed by atoms with Crippen LogP contribution in [0.25, 0.3) is 0 Å². The smallest absolute Gasteiger partial charge is 0.166 e. The fraction of sp³-hybridized carbons (Fsp3) is 0.938. The maximum atomic E-state index is 5.40. The van der Waals surface area contributed by atoms with Crippen LogP contribution < -0.4 is 10.6 Å². The molecule has 0 aliphatic heterocycles. The highest BCUT2D eigenvalue weighted by molar-refractivity contribution is 7.80. The van der Waals surface area contributed by atoms with Crippen LogP contribution in [0, 0.1) is 11.8 Å². The molecule has 19 heavy (non-hydrogen) atoms. The first-order valence-electron chi connectivity index (χ1n) is 8.28. The normalized spacial score (nSPS) is 28.9. The van der Waals surface area contributed by atoms with Gasteiger partial charge in [-0.1, -0.05) is 45.4 Å². The van der Waals surface area contributed by atoms with Gasteiger partial charge in [-0.3, -0.25) is 0 Å². The summed E-state index contributed by atoms with van der Waals surface area (Å²) in [5.41, 5.74) is 0. The minimum Gasteiger partial charge on any atom is -0.363 e. The summed E-state index contributed by atoms with van der Waals surface area (Å²) in [6.45, 7) is 3.45. The molecule has 2 aliphatic carbocycles. The van der Waals surface area contributed by atoms with Gasteiger partial charge in [0, 0.05) is 12.6 Å². The Bertz CT molecular complexity index is 274. The summed E-state index contributed by atoms with van der Waals surface area (Å²) in [6, 6.07) is 0.628. The first-order valence-corrected chi connectivity index (χ1v) is 8.69. The van der Waals surface area contributed by atoms with Crippen molar-refractivity contribution in [1.29, 1.82) is 0 Å². The molecule has 0 aromatic heterocycles. The Balaban J connectivity index is 1.55. The van der Waals surface area contributed by atoms with Crippen LogP contribution in [0.5, 0.6) is 0 Å². The standard InChI is InChI=1S/C16H30N2S/c1-13-6-5-7-14(12-13)10-11-17-16(19)18-15-8-3-2-4-9-15/h13-15H,2-12H2,1H3,(H2,17,18,19). The van der Waals surface area contributed by atoms with E-state index in [1.165, 1.54) is 64.2 Å². The van der Waals surface area contributed by atoms with Crippen molar-refractivity contribution in [3.63, 3.8) is 0 Å². The molecule has 0 aromatic rings. The average Bonchev–Trinajstić information content (AvgIpc) is 2.40. The predicted octanol–water partition coefficient (Wildman–Crippen LogP) is 4.00. The van der Waals surface area contributed by atoms with Gasteiger partial charge in [0.1, 0.15) is 0 Å². The third-order valence-electron chi connectivity index (χ3n) is 4.82. The van der Waals surface area contributed by atoms with E-state index in [0.717, 1.165) is 23.5 Å². The number of hydrogen-bond acceptors (Lipinski definition) is 1. The monoisotopic (exact) mass is 282 g/mol. The van der Waals surface area contributed by atoms with E-state index in [4.69, 9.17) is 12.2 Å². The van der Waals surface area contributed by atoms with E-state index >= 15 is 0 Å². The molecule has 0 aromatic carbocycles. The van der Waals surface area contributed by atoms with Crippen LogP contribution in [0.4, 0.5) is 0 Å². The maximum Gasteiger partial charge on any atom is 0.166 e. The molecule has 2 unspecified atom stereocenters. The molecule has 2 fully saturated rings. The fourth-order valence-corrected chi connectivity index (χ4v) is 3.96. The first kappa shape index (κ1) is 15.1. The van der Waals surface area contributed by atoms with Gasteiger partial charge in [0.15, 0.2) is 5.11 Å². The predicted molar refractivity (Wildman–Crippen MR) is 86.3 cm³/mol. The second-order valence-corrected chi connectivity index (χ2v) is 7.07. The summed E-state index contributed by atoms with van der Waals surface area (Å²) in [6.07, 6.45) is 13.7. The van der Waals surface area contributed by atoms with Crippen molar-refractivity contribution in [1.82, 2.24) is 10.6 Å². The zero-order valence-electron chi connectivity index (χ0n) is 12.4. The van der Waals surface area contributed by atoms with E-state index in [2.05, 4.69) is 17.6 Å². The Kier molecular flexibility index (Phi) is 6.42. The van der Waals surface area contributed by atoms with Crippen molar-refractivity contribution in [3.05, 3.63) is 0 Å². The molecular weight excluding hydrogens is 252 g/mol. The lowest BCUT2D eigenvalue weighted by molar-refractivity contribution is 0.270. The Morgan fingerprint density at radius 2 is 1.84 bits per heavy atom. The van der Waals surface area contributed by atoms with Gasteiger partial charge in [0.2, 0.25) is 0 Å². The van der Waals surface area contributed by atoms with Gasteiger partial charge in [-0.15, -0.1) is 0 Å². The van der Waals surface area contributed by atoms with Crippen molar-refractivity contribution in [2.24, 2.45) is 11.8 Å². The van der Waals surface area contributed by atoms with Gasteiger partial charge in [-0.25, -0.2) is 0 Å². The van der Waals surface area contributed by atoms with Gasteiger partial charge in [0.25, 0.3) is 0 Å². The Hall–Kier alpha value is -0.310. The van der Waals surface area contributed by atoms with Crippen LogP contribution in [0.2, 0.25) is 0 Å². The molecular formula is C16H30N2S. The van der Waals surface area contributed by atoms with E-state index in [-0.39, 0.29) is 0 Å². The van der Waals surface area contributed by atoms with E-state index in [1.807, 2.05) is 0 Å². The van der Waals surface area contributed by atoms with Gasteiger partial charge >= 0.3 is 0 Å². The Morgan fingerprint density at radius 3 is 2.58 bits per heavy atom.